The second-order valence-corrected chi connectivity index (χ2v) is 4.07. The van der Waals surface area contributed by atoms with Crippen molar-refractivity contribution in [3.05, 3.63) is 48.4 Å². The molecule has 0 heterocycles. The zero-order valence-electron chi connectivity index (χ0n) is 10.7. The number of hydrogen-bond acceptors (Lipinski definition) is 1. The van der Waals surface area contributed by atoms with Crippen molar-refractivity contribution in [2.75, 3.05) is 6.61 Å². The van der Waals surface area contributed by atoms with Crippen molar-refractivity contribution in [3.8, 4) is 0 Å². The van der Waals surface area contributed by atoms with Gasteiger partial charge in [-0.3, -0.25) is 0 Å². The van der Waals surface area contributed by atoms with Crippen LogP contribution in [0, 0.1) is 18.6 Å². The van der Waals surface area contributed by atoms with Crippen LogP contribution in [0.5, 0.6) is 0 Å². The van der Waals surface area contributed by atoms with Crippen molar-refractivity contribution in [2.45, 2.75) is 32.6 Å². The number of halogens is 2. The molecule has 0 aliphatic heterocycles. The topological polar surface area (TPSA) is 9.23 Å². The molecule has 18 heavy (non-hydrogen) atoms. The van der Waals surface area contributed by atoms with E-state index in [0.29, 0.717) is 17.9 Å². The molecule has 3 heteroatoms. The Morgan fingerprint density at radius 2 is 1.83 bits per heavy atom. The van der Waals surface area contributed by atoms with E-state index in [9.17, 15) is 8.78 Å². The number of rotatable bonds is 7. The van der Waals surface area contributed by atoms with Gasteiger partial charge in [-0.15, -0.1) is 0 Å². The molecule has 0 saturated heterocycles. The first-order chi connectivity index (χ1) is 8.67. The van der Waals surface area contributed by atoms with Gasteiger partial charge in [0.25, 0.3) is 0 Å². The van der Waals surface area contributed by atoms with Crippen molar-refractivity contribution in [3.63, 3.8) is 0 Å². The molecule has 0 amide bonds. The summed E-state index contributed by atoms with van der Waals surface area (Å²) in [6, 6.07) is 3.40. The molecule has 0 aliphatic carbocycles. The molecule has 1 radical (unpaired) electrons. The summed E-state index contributed by atoms with van der Waals surface area (Å²) in [6.07, 6.45) is 5.69. The van der Waals surface area contributed by atoms with Gasteiger partial charge in [0.15, 0.2) is 0 Å². The highest BCUT2D eigenvalue weighted by Crippen LogP contribution is 2.19. The molecule has 0 bridgehead atoms. The van der Waals surface area contributed by atoms with Crippen LogP contribution in [0.2, 0.25) is 0 Å². The molecule has 99 valence electrons. The maximum atomic E-state index is 13.1. The van der Waals surface area contributed by atoms with Gasteiger partial charge in [0.05, 0.1) is 6.61 Å². The van der Waals surface area contributed by atoms with E-state index in [1.165, 1.54) is 12.1 Å². The third-order valence-electron chi connectivity index (χ3n) is 2.56. The van der Waals surface area contributed by atoms with Crippen molar-refractivity contribution in [1.29, 1.82) is 0 Å². The summed E-state index contributed by atoms with van der Waals surface area (Å²) < 4.78 is 31.7. The minimum Gasteiger partial charge on any atom is -0.493 e. The van der Waals surface area contributed by atoms with Gasteiger partial charge in [0, 0.05) is 11.6 Å². The molecule has 1 aromatic rings. The van der Waals surface area contributed by atoms with E-state index in [-0.39, 0.29) is 0 Å². The molecule has 0 N–H and O–H groups in total. The van der Waals surface area contributed by atoms with Gasteiger partial charge in [0.2, 0.25) is 0 Å². The Hall–Kier alpha value is -1.38. The van der Waals surface area contributed by atoms with E-state index >= 15 is 0 Å². The maximum Gasteiger partial charge on any atom is 0.126 e. The van der Waals surface area contributed by atoms with Crippen LogP contribution >= 0.6 is 0 Å². The molecular weight excluding hydrogens is 234 g/mol. The zero-order chi connectivity index (χ0) is 13.4. The van der Waals surface area contributed by atoms with Crippen LogP contribution in [0.3, 0.4) is 0 Å². The molecule has 0 aromatic heterocycles. The summed E-state index contributed by atoms with van der Waals surface area (Å²) in [7, 11) is 0. The SMILES string of the molecule is [CH2]CCCCCOC(=CC)c1cc(F)cc(F)c1. The number of unbranched alkanes of at least 4 members (excludes halogenated alkanes) is 3. The molecule has 0 aliphatic rings. The zero-order valence-corrected chi connectivity index (χ0v) is 10.7. The summed E-state index contributed by atoms with van der Waals surface area (Å²) in [5.41, 5.74) is 0.437. The fraction of sp³-hybridized carbons (Fsp3) is 0.400. The summed E-state index contributed by atoms with van der Waals surface area (Å²) in [5.74, 6) is -0.668. The fourth-order valence-electron chi connectivity index (χ4n) is 1.67. The van der Waals surface area contributed by atoms with Crippen LogP contribution < -0.4 is 0 Å². The Morgan fingerprint density at radius 1 is 1.17 bits per heavy atom. The summed E-state index contributed by atoms with van der Waals surface area (Å²) in [5, 5.41) is 0. The van der Waals surface area contributed by atoms with Crippen LogP contribution in [-0.2, 0) is 4.74 Å². The Morgan fingerprint density at radius 3 is 2.39 bits per heavy atom. The van der Waals surface area contributed by atoms with E-state index in [0.717, 1.165) is 31.7 Å². The second kappa shape index (κ2) is 7.85. The van der Waals surface area contributed by atoms with Crippen molar-refractivity contribution >= 4 is 5.76 Å². The largest absolute Gasteiger partial charge is 0.493 e. The predicted octanol–water partition coefficient (Wildman–Crippen LogP) is 4.74. The normalized spacial score (nSPS) is 11.7. The summed E-state index contributed by atoms with van der Waals surface area (Å²) in [4.78, 5) is 0. The fourth-order valence-corrected chi connectivity index (χ4v) is 1.67. The Labute approximate surface area is 107 Å². The van der Waals surface area contributed by atoms with E-state index in [1.807, 2.05) is 0 Å². The Bertz CT molecular complexity index is 379. The highest BCUT2D eigenvalue weighted by Gasteiger charge is 2.06. The first-order valence-electron chi connectivity index (χ1n) is 6.22. The van der Waals surface area contributed by atoms with Gasteiger partial charge in [-0.1, -0.05) is 26.2 Å². The third-order valence-corrected chi connectivity index (χ3v) is 2.56. The smallest absolute Gasteiger partial charge is 0.126 e. The standard InChI is InChI=1S/C15H19F2O/c1-3-5-6-7-8-18-15(4-2)12-9-13(16)11-14(17)10-12/h4,9-11H,1,3,5-8H2,2H3. The molecule has 1 rings (SSSR count). The molecule has 1 nitrogen and oxygen atoms in total. The van der Waals surface area contributed by atoms with E-state index in [1.54, 1.807) is 13.0 Å². The lowest BCUT2D eigenvalue weighted by molar-refractivity contribution is 0.266. The van der Waals surface area contributed by atoms with Gasteiger partial charge in [-0.25, -0.2) is 8.78 Å². The Kier molecular flexibility index (Phi) is 6.40. The van der Waals surface area contributed by atoms with Crippen LogP contribution in [0.1, 0.15) is 38.2 Å². The van der Waals surface area contributed by atoms with E-state index < -0.39 is 11.6 Å². The second-order valence-electron chi connectivity index (χ2n) is 4.07. The molecule has 0 fully saturated rings. The lowest BCUT2D eigenvalue weighted by Gasteiger charge is -2.10. The first kappa shape index (κ1) is 14.7. The van der Waals surface area contributed by atoms with Crippen LogP contribution in [-0.4, -0.2) is 6.61 Å². The average Bonchev–Trinajstić information content (AvgIpc) is 2.32. The van der Waals surface area contributed by atoms with Gasteiger partial charge in [0.1, 0.15) is 17.4 Å². The minimum atomic E-state index is -0.593. The van der Waals surface area contributed by atoms with Crippen molar-refractivity contribution in [2.24, 2.45) is 0 Å². The van der Waals surface area contributed by atoms with Crippen LogP contribution in [0.25, 0.3) is 5.76 Å². The quantitative estimate of drug-likeness (QED) is 0.504. The van der Waals surface area contributed by atoms with Gasteiger partial charge >= 0.3 is 0 Å². The molecule has 0 saturated carbocycles. The number of benzene rings is 1. The van der Waals surface area contributed by atoms with Crippen LogP contribution in [0.4, 0.5) is 8.78 Å². The highest BCUT2D eigenvalue weighted by molar-refractivity contribution is 5.59. The van der Waals surface area contributed by atoms with E-state index in [4.69, 9.17) is 4.74 Å². The first-order valence-corrected chi connectivity index (χ1v) is 6.22. The lowest BCUT2D eigenvalue weighted by atomic mass is 10.1. The van der Waals surface area contributed by atoms with Crippen LogP contribution in [0.15, 0.2) is 24.3 Å². The lowest BCUT2D eigenvalue weighted by Crippen LogP contribution is -1.96. The minimum absolute atomic E-state index is 0.437. The molecule has 0 atom stereocenters. The molecule has 0 unspecified atom stereocenters. The van der Waals surface area contributed by atoms with Gasteiger partial charge in [-0.05, 0) is 31.6 Å². The highest BCUT2D eigenvalue weighted by atomic mass is 19.1. The van der Waals surface area contributed by atoms with Gasteiger partial charge in [-0.2, -0.15) is 0 Å². The van der Waals surface area contributed by atoms with Crippen molar-refractivity contribution < 1.29 is 13.5 Å². The average molecular weight is 253 g/mol. The summed E-state index contributed by atoms with van der Waals surface area (Å²) >= 11 is 0. The third kappa shape index (κ3) is 4.86. The maximum absolute atomic E-state index is 13.1. The molecule has 0 spiro atoms. The Balaban J connectivity index is 2.55. The van der Waals surface area contributed by atoms with E-state index in [2.05, 4.69) is 6.92 Å². The van der Waals surface area contributed by atoms with Gasteiger partial charge < -0.3 is 4.74 Å². The number of ether oxygens (including phenoxy) is 1. The predicted molar refractivity (Wildman–Crippen MR) is 69.8 cm³/mol. The monoisotopic (exact) mass is 253 g/mol. The molecular formula is C15H19F2O. The summed E-state index contributed by atoms with van der Waals surface area (Å²) in [6.45, 7) is 6.11. The number of hydrogen-bond donors (Lipinski definition) is 0. The molecule has 1 aromatic carbocycles. The van der Waals surface area contributed by atoms with Crippen molar-refractivity contribution in [1.82, 2.24) is 0 Å². The number of allylic oxidation sites excluding steroid dienone is 1.